The molecule has 0 aliphatic rings. The van der Waals surface area contributed by atoms with Gasteiger partial charge in [-0.2, -0.15) is 0 Å². The molecule has 9 nitrogen and oxygen atoms in total. The third-order valence-corrected chi connectivity index (χ3v) is 19.2. The molecule has 0 aromatic heterocycles. The third-order valence-electron chi connectivity index (χ3n) is 18.2. The average Bonchev–Trinajstić information content (AvgIpc) is 3.70. The molecule has 0 spiro atoms. The number of hydrogen-bond acceptors (Lipinski definition) is 6. The Hall–Kier alpha value is -1.25. The van der Waals surface area contributed by atoms with Crippen LogP contribution in [0.5, 0.6) is 0 Å². The lowest BCUT2D eigenvalue weighted by molar-refractivity contribution is -0.870. The van der Waals surface area contributed by atoms with Crippen molar-refractivity contribution in [2.24, 2.45) is 0 Å². The maximum atomic E-state index is 13.7. The van der Waals surface area contributed by atoms with Gasteiger partial charge in [0.05, 0.1) is 33.8 Å². The fourth-order valence-electron chi connectivity index (χ4n) is 12.2. The molecular formula is C77H154N2O7P+. The fourth-order valence-corrected chi connectivity index (χ4v) is 13.0. The summed E-state index contributed by atoms with van der Waals surface area (Å²) < 4.78 is 30.9. The van der Waals surface area contributed by atoms with Gasteiger partial charge in [0.25, 0.3) is 0 Å². The first-order valence-electron chi connectivity index (χ1n) is 39.0. The molecule has 0 fully saturated rings. The minimum Gasteiger partial charge on any atom is -0.456 e. The summed E-state index contributed by atoms with van der Waals surface area (Å²) in [5.74, 6) is -0.472. The number of ether oxygens (including phenoxy) is 1. The van der Waals surface area contributed by atoms with Crippen molar-refractivity contribution in [1.29, 1.82) is 0 Å². The molecule has 3 atom stereocenters. The van der Waals surface area contributed by atoms with E-state index in [9.17, 15) is 19.0 Å². The van der Waals surface area contributed by atoms with Crippen LogP contribution >= 0.6 is 7.82 Å². The number of allylic oxidation sites excluding steroid dienone is 1. The number of nitrogens with one attached hydrogen (secondary N) is 1. The zero-order valence-electron chi connectivity index (χ0n) is 59.6. The summed E-state index contributed by atoms with van der Waals surface area (Å²) in [5, 5.41) is 3.09. The number of unbranched alkanes of at least 4 members (excludes halogenated alkanes) is 57. The summed E-state index contributed by atoms with van der Waals surface area (Å²) in [5.41, 5.74) is 0. The third kappa shape index (κ3) is 68.9. The number of amides is 1. The molecule has 0 saturated heterocycles. The topological polar surface area (TPSA) is 111 Å². The van der Waals surface area contributed by atoms with E-state index in [1.165, 1.54) is 327 Å². The van der Waals surface area contributed by atoms with Crippen molar-refractivity contribution in [3.05, 3.63) is 12.2 Å². The lowest BCUT2D eigenvalue weighted by Crippen LogP contribution is -2.47. The molecule has 1 amide bonds. The van der Waals surface area contributed by atoms with E-state index >= 15 is 0 Å². The summed E-state index contributed by atoms with van der Waals surface area (Å²) in [6.45, 7) is 7.11. The SMILES string of the molecule is CCCCCCCCCCCCC/C=C/C(OC(=O)CCCCCCCCCCCCCCCCCCCCCCCCCCC)C(COP(=O)(O)OCC[N+](C)(C)C)NC(=O)CCCCCCCCCCCCCCCCCCCCCCCCC. The molecule has 0 rings (SSSR count). The highest BCUT2D eigenvalue weighted by molar-refractivity contribution is 7.47. The van der Waals surface area contributed by atoms with E-state index in [1.807, 2.05) is 27.2 Å². The number of likely N-dealkylation sites (N-methyl/N-ethyl adjacent to an activating group) is 1. The first-order chi connectivity index (χ1) is 42.4. The van der Waals surface area contributed by atoms with Crippen molar-refractivity contribution >= 4 is 19.7 Å². The second-order valence-electron chi connectivity index (χ2n) is 28.3. The van der Waals surface area contributed by atoms with E-state index in [2.05, 4.69) is 32.2 Å². The predicted octanol–water partition coefficient (Wildman–Crippen LogP) is 25.0. The standard InChI is InChI=1S/C77H153N2O7P/c1-7-10-13-16-19-22-25-28-30-32-34-36-38-39-41-43-45-47-49-52-55-58-61-64-67-70-77(81)86-75(68-65-62-59-56-53-50-27-24-21-18-15-12-9-3)74(73-85-87(82,83)84-72-71-79(4,5)6)78-76(80)69-66-63-60-57-54-51-48-46-44-42-40-37-35-33-31-29-26-23-20-17-14-11-8-2/h65,68,74-75H,7-64,66-67,69-73H2,1-6H3,(H-,78,80,82,83)/p+1/b68-65+. The first-order valence-corrected chi connectivity index (χ1v) is 40.5. The van der Waals surface area contributed by atoms with Gasteiger partial charge in [0.15, 0.2) is 0 Å². The number of rotatable bonds is 73. The van der Waals surface area contributed by atoms with Gasteiger partial charge in [-0.15, -0.1) is 0 Å². The molecular weight excluding hydrogens is 1100 g/mol. The molecule has 518 valence electrons. The summed E-state index contributed by atoms with van der Waals surface area (Å²) in [4.78, 5) is 38.0. The number of esters is 1. The molecule has 0 radical (unpaired) electrons. The van der Waals surface area contributed by atoms with Gasteiger partial charge in [-0.05, 0) is 31.8 Å². The van der Waals surface area contributed by atoms with E-state index in [4.69, 9.17) is 13.8 Å². The van der Waals surface area contributed by atoms with Crippen LogP contribution in [0.1, 0.15) is 419 Å². The first kappa shape index (κ1) is 85.8. The number of carbonyl (C=O) groups excluding carboxylic acids is 2. The number of phosphoric acid groups is 1. The highest BCUT2D eigenvalue weighted by atomic mass is 31.2. The minimum atomic E-state index is -4.45. The second kappa shape index (κ2) is 67.6. The number of nitrogens with zero attached hydrogens (tertiary/aromatic N) is 1. The monoisotopic (exact) mass is 1250 g/mol. The van der Waals surface area contributed by atoms with Crippen molar-refractivity contribution in [2.75, 3.05) is 40.9 Å². The van der Waals surface area contributed by atoms with Crippen molar-refractivity contribution in [3.63, 3.8) is 0 Å². The fraction of sp³-hybridized carbons (Fsp3) is 0.948. The van der Waals surface area contributed by atoms with Crippen LogP contribution in [0.25, 0.3) is 0 Å². The summed E-state index contributed by atoms with van der Waals surface area (Å²) in [6, 6.07) is -0.842. The van der Waals surface area contributed by atoms with Crippen LogP contribution < -0.4 is 5.32 Å². The van der Waals surface area contributed by atoms with Crippen molar-refractivity contribution in [1.82, 2.24) is 5.32 Å². The Morgan fingerprint density at radius 2 is 0.655 bits per heavy atom. The Kier molecular flexibility index (Phi) is 66.7. The van der Waals surface area contributed by atoms with Gasteiger partial charge in [0.2, 0.25) is 5.91 Å². The van der Waals surface area contributed by atoms with Gasteiger partial charge in [-0.3, -0.25) is 18.6 Å². The Labute approximate surface area is 543 Å². The van der Waals surface area contributed by atoms with Crippen LogP contribution in [0.3, 0.4) is 0 Å². The lowest BCUT2D eigenvalue weighted by atomic mass is 10.0. The normalized spacial score (nSPS) is 13.4. The zero-order valence-corrected chi connectivity index (χ0v) is 60.5. The Morgan fingerprint density at radius 3 is 0.943 bits per heavy atom. The molecule has 0 aromatic carbocycles. The molecule has 3 unspecified atom stereocenters. The Morgan fingerprint density at radius 1 is 0.391 bits per heavy atom. The smallest absolute Gasteiger partial charge is 0.456 e. The highest BCUT2D eigenvalue weighted by Crippen LogP contribution is 2.43. The van der Waals surface area contributed by atoms with Gasteiger partial charge in [-0.25, -0.2) is 4.57 Å². The minimum absolute atomic E-state index is 0.0464. The second-order valence-corrected chi connectivity index (χ2v) is 29.7. The van der Waals surface area contributed by atoms with E-state index < -0.39 is 20.0 Å². The van der Waals surface area contributed by atoms with Crippen molar-refractivity contribution < 1.29 is 37.3 Å². The molecule has 0 bridgehead atoms. The van der Waals surface area contributed by atoms with Crippen LogP contribution in [0.2, 0.25) is 0 Å². The molecule has 0 saturated carbocycles. The maximum Gasteiger partial charge on any atom is 0.472 e. The maximum absolute atomic E-state index is 13.7. The van der Waals surface area contributed by atoms with Gasteiger partial charge >= 0.3 is 13.8 Å². The van der Waals surface area contributed by atoms with Crippen LogP contribution in [-0.2, 0) is 27.9 Å². The van der Waals surface area contributed by atoms with Gasteiger partial charge in [0.1, 0.15) is 19.3 Å². The number of phosphoric ester groups is 1. The Balaban J connectivity index is 4.95. The molecule has 0 aliphatic carbocycles. The van der Waals surface area contributed by atoms with Crippen LogP contribution in [-0.4, -0.2) is 74.3 Å². The number of hydrogen-bond donors (Lipinski definition) is 2. The van der Waals surface area contributed by atoms with Gasteiger partial charge in [-0.1, -0.05) is 386 Å². The molecule has 87 heavy (non-hydrogen) atoms. The molecule has 0 aromatic rings. The van der Waals surface area contributed by atoms with Crippen molar-refractivity contribution in [2.45, 2.75) is 431 Å². The van der Waals surface area contributed by atoms with Crippen LogP contribution in [0, 0.1) is 0 Å². The summed E-state index contributed by atoms with van der Waals surface area (Å²) >= 11 is 0. The summed E-state index contributed by atoms with van der Waals surface area (Å²) in [7, 11) is 1.53. The zero-order chi connectivity index (χ0) is 63.5. The molecule has 0 aliphatic heterocycles. The van der Waals surface area contributed by atoms with E-state index in [-0.39, 0.29) is 25.1 Å². The van der Waals surface area contributed by atoms with E-state index in [0.29, 0.717) is 23.9 Å². The quantitative estimate of drug-likeness (QED) is 0.0205. The summed E-state index contributed by atoms with van der Waals surface area (Å²) in [6.07, 6.45) is 82.4. The average molecular weight is 1250 g/mol. The molecule has 0 heterocycles. The molecule has 10 heteroatoms. The van der Waals surface area contributed by atoms with Crippen LogP contribution in [0.4, 0.5) is 0 Å². The lowest BCUT2D eigenvalue weighted by Gasteiger charge is -2.27. The largest absolute Gasteiger partial charge is 0.472 e. The van der Waals surface area contributed by atoms with E-state index in [0.717, 1.165) is 57.8 Å². The number of carbonyl (C=O) groups is 2. The van der Waals surface area contributed by atoms with E-state index in [1.54, 1.807) is 0 Å². The van der Waals surface area contributed by atoms with Gasteiger partial charge in [0, 0.05) is 12.8 Å². The number of quaternary nitrogens is 1. The highest BCUT2D eigenvalue weighted by Gasteiger charge is 2.30. The predicted molar refractivity (Wildman–Crippen MR) is 379 cm³/mol. The van der Waals surface area contributed by atoms with Crippen molar-refractivity contribution in [3.8, 4) is 0 Å². The van der Waals surface area contributed by atoms with Crippen LogP contribution in [0.15, 0.2) is 12.2 Å². The Bertz CT molecular complexity index is 1490. The van der Waals surface area contributed by atoms with Gasteiger partial charge < -0.3 is 19.4 Å². The molecule has 2 N–H and O–H groups in total.